The molecule has 2 aromatic carbocycles. The molecule has 27 heavy (non-hydrogen) atoms. The smallest absolute Gasteiger partial charge is 0.307 e. The van der Waals surface area contributed by atoms with Gasteiger partial charge in [-0.15, -0.1) is 0 Å². The van der Waals surface area contributed by atoms with Crippen LogP contribution >= 0.6 is 23.2 Å². The zero-order valence-corrected chi connectivity index (χ0v) is 16.1. The van der Waals surface area contributed by atoms with Gasteiger partial charge in [0.1, 0.15) is 5.69 Å². The van der Waals surface area contributed by atoms with Crippen LogP contribution in [0.1, 0.15) is 22.5 Å². The number of H-pyrrole nitrogens is 1. The third-order valence-corrected chi connectivity index (χ3v) is 4.83. The zero-order chi connectivity index (χ0) is 19.4. The molecule has 7 heteroatoms. The summed E-state index contributed by atoms with van der Waals surface area (Å²) in [6.45, 7) is 0. The summed E-state index contributed by atoms with van der Waals surface area (Å²) in [4.78, 5) is 27.5. The largest absolute Gasteiger partial charge is 0.469 e. The van der Waals surface area contributed by atoms with Crippen LogP contribution in [0.3, 0.4) is 0 Å². The van der Waals surface area contributed by atoms with Gasteiger partial charge in [-0.3, -0.25) is 9.59 Å². The maximum absolute atomic E-state index is 12.7. The molecule has 3 aromatic rings. The van der Waals surface area contributed by atoms with Crippen molar-refractivity contribution in [3.63, 3.8) is 0 Å². The van der Waals surface area contributed by atoms with Gasteiger partial charge in [0.25, 0.3) is 5.91 Å². The van der Waals surface area contributed by atoms with Gasteiger partial charge in [-0.25, -0.2) is 0 Å². The van der Waals surface area contributed by atoms with E-state index in [0.29, 0.717) is 22.2 Å². The molecule has 0 aliphatic heterocycles. The first kappa shape index (κ1) is 19.3. The lowest BCUT2D eigenvalue weighted by Crippen LogP contribution is -2.38. The first-order valence-corrected chi connectivity index (χ1v) is 9.11. The Balaban J connectivity index is 1.80. The lowest BCUT2D eigenvalue weighted by molar-refractivity contribution is -0.141. The number of aromatic amines is 1. The Bertz CT molecular complexity index is 984. The van der Waals surface area contributed by atoms with E-state index in [1.54, 1.807) is 24.3 Å². The lowest BCUT2D eigenvalue weighted by Gasteiger charge is -2.18. The van der Waals surface area contributed by atoms with Gasteiger partial charge >= 0.3 is 5.97 Å². The van der Waals surface area contributed by atoms with Crippen LogP contribution in [0.4, 0.5) is 0 Å². The number of hydrogen-bond acceptors (Lipinski definition) is 3. The number of aromatic nitrogens is 1. The lowest BCUT2D eigenvalue weighted by atomic mass is 10.0. The molecule has 0 saturated heterocycles. The van der Waals surface area contributed by atoms with Gasteiger partial charge in [0, 0.05) is 27.0 Å². The van der Waals surface area contributed by atoms with Gasteiger partial charge in [0.05, 0.1) is 13.5 Å². The number of esters is 1. The molecule has 1 unspecified atom stereocenters. The summed E-state index contributed by atoms with van der Waals surface area (Å²) in [5, 5.41) is 4.90. The number of hydrogen-bond donors (Lipinski definition) is 2. The fraction of sp³-hybridized carbons (Fsp3) is 0.200. The summed E-state index contributed by atoms with van der Waals surface area (Å²) in [6.07, 6.45) is 0.450. The second-order valence-electron chi connectivity index (χ2n) is 6.16. The number of halogens is 2. The van der Waals surface area contributed by atoms with Crippen molar-refractivity contribution in [1.82, 2.24) is 10.3 Å². The van der Waals surface area contributed by atoms with Crippen molar-refractivity contribution in [2.24, 2.45) is 0 Å². The fourth-order valence-electron chi connectivity index (χ4n) is 2.88. The van der Waals surface area contributed by atoms with Gasteiger partial charge < -0.3 is 15.0 Å². The van der Waals surface area contributed by atoms with Gasteiger partial charge in [-0.2, -0.15) is 0 Å². The van der Waals surface area contributed by atoms with E-state index < -0.39 is 12.0 Å². The molecule has 1 aromatic heterocycles. The molecule has 0 aliphatic rings. The highest BCUT2D eigenvalue weighted by Gasteiger charge is 2.20. The van der Waals surface area contributed by atoms with Gasteiger partial charge in [-0.1, -0.05) is 41.4 Å². The van der Waals surface area contributed by atoms with E-state index in [1.165, 1.54) is 7.11 Å². The molecule has 3 rings (SSSR count). The number of rotatable bonds is 6. The van der Waals surface area contributed by atoms with Crippen LogP contribution in [0.15, 0.2) is 48.5 Å². The van der Waals surface area contributed by atoms with Crippen LogP contribution in [0.25, 0.3) is 10.9 Å². The Hall–Kier alpha value is -2.50. The standard InChI is InChI=1S/C20H18Cl2N2O3/c1-27-19(25)11-15(9-12-4-2-3-5-16(12)22)23-20(26)18-10-13-8-14(21)6-7-17(13)24-18/h2-8,10,15,24H,9,11H2,1H3,(H,23,26). The second-order valence-corrected chi connectivity index (χ2v) is 7.00. The summed E-state index contributed by atoms with van der Waals surface area (Å²) in [7, 11) is 1.32. The van der Waals surface area contributed by atoms with Gasteiger partial charge in [0.2, 0.25) is 0 Å². The Morgan fingerprint density at radius 2 is 1.93 bits per heavy atom. The molecule has 2 N–H and O–H groups in total. The molecule has 140 valence electrons. The fourth-order valence-corrected chi connectivity index (χ4v) is 3.27. The van der Waals surface area contributed by atoms with Gasteiger partial charge in [-0.05, 0) is 42.3 Å². The molecule has 0 saturated carbocycles. The third kappa shape index (κ3) is 4.81. The van der Waals surface area contributed by atoms with E-state index in [2.05, 4.69) is 10.3 Å². The van der Waals surface area contributed by atoms with E-state index in [4.69, 9.17) is 27.9 Å². The number of benzene rings is 2. The Kier molecular flexibility index (Phi) is 6.04. The van der Waals surface area contributed by atoms with Crippen LogP contribution in [0, 0.1) is 0 Å². The number of nitrogens with one attached hydrogen (secondary N) is 2. The van der Waals surface area contributed by atoms with Gasteiger partial charge in [0.15, 0.2) is 0 Å². The number of methoxy groups -OCH3 is 1. The summed E-state index contributed by atoms with van der Waals surface area (Å²) >= 11 is 12.2. The molecule has 5 nitrogen and oxygen atoms in total. The van der Waals surface area contributed by atoms with E-state index in [1.807, 2.05) is 24.3 Å². The third-order valence-electron chi connectivity index (χ3n) is 4.23. The first-order chi connectivity index (χ1) is 13.0. The molecular formula is C20H18Cl2N2O3. The molecule has 0 radical (unpaired) electrons. The van der Waals surface area contributed by atoms with Crippen LogP contribution in [0.2, 0.25) is 10.0 Å². The summed E-state index contributed by atoms with van der Waals surface area (Å²) in [5.41, 5.74) is 2.04. The minimum Gasteiger partial charge on any atom is -0.469 e. The number of carbonyl (C=O) groups is 2. The van der Waals surface area contributed by atoms with Crippen molar-refractivity contribution in [2.75, 3.05) is 7.11 Å². The molecule has 1 heterocycles. The molecule has 0 aliphatic carbocycles. The molecule has 0 bridgehead atoms. The van der Waals surface area contributed by atoms with Crippen LogP contribution in [-0.2, 0) is 16.0 Å². The second kappa shape index (κ2) is 8.46. The molecule has 0 fully saturated rings. The average molecular weight is 405 g/mol. The first-order valence-electron chi connectivity index (χ1n) is 8.35. The maximum Gasteiger partial charge on any atom is 0.307 e. The summed E-state index contributed by atoms with van der Waals surface area (Å²) < 4.78 is 4.75. The normalized spacial score (nSPS) is 12.0. The van der Waals surface area contributed by atoms with Crippen molar-refractivity contribution in [2.45, 2.75) is 18.9 Å². The van der Waals surface area contributed by atoms with Crippen LogP contribution in [-0.4, -0.2) is 30.0 Å². The summed E-state index contributed by atoms with van der Waals surface area (Å²) in [5.74, 6) is -0.723. The number of carbonyl (C=O) groups excluding carboxylic acids is 2. The van der Waals surface area contributed by atoms with Crippen molar-refractivity contribution < 1.29 is 14.3 Å². The maximum atomic E-state index is 12.7. The summed E-state index contributed by atoms with van der Waals surface area (Å²) in [6, 6.07) is 13.9. The van der Waals surface area contributed by atoms with Crippen LogP contribution < -0.4 is 5.32 Å². The highest BCUT2D eigenvalue weighted by atomic mass is 35.5. The molecular weight excluding hydrogens is 387 g/mol. The van der Waals surface area contributed by atoms with E-state index in [9.17, 15) is 9.59 Å². The van der Waals surface area contributed by atoms with Crippen LogP contribution in [0.5, 0.6) is 0 Å². The van der Waals surface area contributed by atoms with E-state index >= 15 is 0 Å². The predicted octanol–water partition coefficient (Wildman–Crippen LogP) is 4.38. The Morgan fingerprint density at radius 3 is 2.67 bits per heavy atom. The van der Waals surface area contributed by atoms with E-state index in [-0.39, 0.29) is 12.3 Å². The SMILES string of the molecule is COC(=O)CC(Cc1ccccc1Cl)NC(=O)c1cc2cc(Cl)ccc2[nH]1. The van der Waals surface area contributed by atoms with Crippen molar-refractivity contribution in [3.05, 3.63) is 69.8 Å². The highest BCUT2D eigenvalue weighted by molar-refractivity contribution is 6.31. The topological polar surface area (TPSA) is 71.2 Å². The monoisotopic (exact) mass is 404 g/mol. The Labute approximate surface area is 166 Å². The predicted molar refractivity (Wildman–Crippen MR) is 106 cm³/mol. The number of fused-ring (bicyclic) bond motifs is 1. The van der Waals surface area contributed by atoms with Crippen molar-refractivity contribution in [3.8, 4) is 0 Å². The van der Waals surface area contributed by atoms with E-state index in [0.717, 1.165) is 16.5 Å². The quantitative estimate of drug-likeness (QED) is 0.598. The molecule has 1 amide bonds. The van der Waals surface area contributed by atoms with Crippen molar-refractivity contribution in [1.29, 1.82) is 0 Å². The average Bonchev–Trinajstić information content (AvgIpc) is 3.06. The molecule has 1 atom stereocenters. The molecule has 0 spiro atoms. The highest BCUT2D eigenvalue weighted by Crippen LogP contribution is 2.21. The number of ether oxygens (including phenoxy) is 1. The Morgan fingerprint density at radius 1 is 1.15 bits per heavy atom. The number of amides is 1. The minimum atomic E-state index is -0.458. The minimum absolute atomic E-state index is 0.0412. The van der Waals surface area contributed by atoms with Crippen molar-refractivity contribution >= 4 is 46.0 Å². The zero-order valence-electron chi connectivity index (χ0n) is 14.6.